The molecule has 1 aromatic heterocycles. The molecule has 10 heteroatoms. The van der Waals surface area contributed by atoms with Gasteiger partial charge in [0.25, 0.3) is 0 Å². The molecule has 35 heavy (non-hydrogen) atoms. The number of thiazole rings is 1. The van der Waals surface area contributed by atoms with E-state index < -0.39 is 18.0 Å². The number of benzene rings is 2. The first kappa shape index (κ1) is 24.9. The number of amides is 2. The monoisotopic (exact) mass is 513 g/mol. The SMILES string of the molecule is CCOC(=O)C1=C(CSc2nc3ccccc3s2)NC(=O)N[C@@H]1c1cc(OCC)ccc1OCC. The molecule has 2 aromatic carbocycles. The van der Waals surface area contributed by atoms with Crippen molar-refractivity contribution < 1.29 is 23.8 Å². The summed E-state index contributed by atoms with van der Waals surface area (Å²) >= 11 is 3.03. The predicted molar refractivity (Wildman–Crippen MR) is 137 cm³/mol. The van der Waals surface area contributed by atoms with E-state index in [4.69, 9.17) is 14.2 Å². The minimum Gasteiger partial charge on any atom is -0.494 e. The molecule has 1 aliphatic heterocycles. The minimum absolute atomic E-state index is 0.207. The average Bonchev–Trinajstić information content (AvgIpc) is 3.27. The molecule has 4 rings (SSSR count). The molecular weight excluding hydrogens is 486 g/mol. The van der Waals surface area contributed by atoms with Crippen LogP contribution < -0.4 is 20.1 Å². The zero-order valence-corrected chi connectivity index (χ0v) is 21.4. The first-order chi connectivity index (χ1) is 17.0. The van der Waals surface area contributed by atoms with E-state index in [1.165, 1.54) is 11.8 Å². The summed E-state index contributed by atoms with van der Waals surface area (Å²) in [6.07, 6.45) is 0. The van der Waals surface area contributed by atoms with Crippen molar-refractivity contribution in [1.82, 2.24) is 15.6 Å². The van der Waals surface area contributed by atoms with Crippen molar-refractivity contribution in [2.75, 3.05) is 25.6 Å². The summed E-state index contributed by atoms with van der Waals surface area (Å²) < 4.78 is 18.8. The molecule has 3 aromatic rings. The summed E-state index contributed by atoms with van der Waals surface area (Å²) in [5.74, 6) is 1.01. The van der Waals surface area contributed by atoms with Gasteiger partial charge >= 0.3 is 12.0 Å². The molecule has 0 aliphatic carbocycles. The van der Waals surface area contributed by atoms with Crippen LogP contribution in [0, 0.1) is 0 Å². The highest BCUT2D eigenvalue weighted by atomic mass is 32.2. The van der Waals surface area contributed by atoms with Crippen LogP contribution in [0.25, 0.3) is 10.2 Å². The fourth-order valence-corrected chi connectivity index (χ4v) is 5.79. The maximum Gasteiger partial charge on any atom is 0.338 e. The zero-order chi connectivity index (χ0) is 24.8. The van der Waals surface area contributed by atoms with Gasteiger partial charge in [-0.2, -0.15) is 0 Å². The Balaban J connectivity index is 1.74. The quantitative estimate of drug-likeness (QED) is 0.289. The second kappa shape index (κ2) is 11.5. The third-order valence-corrected chi connectivity index (χ3v) is 7.37. The number of nitrogens with one attached hydrogen (secondary N) is 2. The van der Waals surface area contributed by atoms with Crippen LogP contribution in [0.15, 0.2) is 58.1 Å². The molecular formula is C25H27N3O5S2. The number of urea groups is 1. The second-order valence-corrected chi connectivity index (χ2v) is 9.70. The first-order valence-corrected chi connectivity index (χ1v) is 13.2. The van der Waals surface area contributed by atoms with E-state index in [9.17, 15) is 9.59 Å². The van der Waals surface area contributed by atoms with Crippen molar-refractivity contribution in [3.63, 3.8) is 0 Å². The van der Waals surface area contributed by atoms with Crippen LogP contribution in [0.4, 0.5) is 4.79 Å². The standard InChI is InChI=1S/C25H27N3O5S2/c1-4-31-15-11-12-19(32-5-2)16(13-15)22-21(23(29)33-6-3)18(26-24(30)28-22)14-34-25-27-17-9-7-8-10-20(17)35-25/h7-13,22H,4-6,14H2,1-3H3,(H2,26,28,30)/t22-/m1/s1. The van der Waals surface area contributed by atoms with Crippen LogP contribution in [-0.2, 0) is 9.53 Å². The lowest BCUT2D eigenvalue weighted by Gasteiger charge is -2.30. The maximum atomic E-state index is 13.2. The van der Waals surface area contributed by atoms with Gasteiger partial charge in [-0.25, -0.2) is 14.6 Å². The topological polar surface area (TPSA) is 98.8 Å². The predicted octanol–water partition coefficient (Wildman–Crippen LogP) is 5.06. The Bertz CT molecular complexity index is 1220. The highest BCUT2D eigenvalue weighted by Crippen LogP contribution is 2.38. The Kier molecular flexibility index (Phi) is 8.14. The zero-order valence-electron chi connectivity index (χ0n) is 19.8. The fraction of sp³-hybridized carbons (Fsp3) is 0.320. The molecule has 0 fully saturated rings. The molecule has 184 valence electrons. The number of para-hydroxylation sites is 1. The summed E-state index contributed by atoms with van der Waals surface area (Å²) in [6, 6.07) is 12.1. The van der Waals surface area contributed by atoms with Gasteiger partial charge in [-0.15, -0.1) is 11.3 Å². The number of ether oxygens (including phenoxy) is 3. The van der Waals surface area contributed by atoms with E-state index in [2.05, 4.69) is 15.6 Å². The first-order valence-electron chi connectivity index (χ1n) is 11.4. The summed E-state index contributed by atoms with van der Waals surface area (Å²) in [6.45, 7) is 6.64. The number of nitrogens with zero attached hydrogens (tertiary/aromatic N) is 1. The number of hydrogen-bond acceptors (Lipinski definition) is 8. The molecule has 2 heterocycles. The van der Waals surface area contributed by atoms with Crippen LogP contribution in [0.1, 0.15) is 32.4 Å². The Labute approximate surface area is 212 Å². The highest BCUT2D eigenvalue weighted by molar-refractivity contribution is 8.01. The van der Waals surface area contributed by atoms with Gasteiger partial charge in [0.15, 0.2) is 4.34 Å². The van der Waals surface area contributed by atoms with Crippen molar-refractivity contribution in [2.45, 2.75) is 31.2 Å². The molecule has 0 bridgehead atoms. The van der Waals surface area contributed by atoms with E-state index in [1.54, 1.807) is 36.5 Å². The minimum atomic E-state index is -0.768. The van der Waals surface area contributed by atoms with Gasteiger partial charge in [-0.3, -0.25) is 0 Å². The maximum absolute atomic E-state index is 13.2. The van der Waals surface area contributed by atoms with E-state index in [0.29, 0.717) is 47.3 Å². The number of hydrogen-bond donors (Lipinski definition) is 2. The van der Waals surface area contributed by atoms with Crippen molar-refractivity contribution in [3.8, 4) is 11.5 Å². The summed E-state index contributed by atoms with van der Waals surface area (Å²) in [7, 11) is 0. The number of carbonyl (C=O) groups is 2. The van der Waals surface area contributed by atoms with Crippen LogP contribution in [-0.4, -0.2) is 42.6 Å². The van der Waals surface area contributed by atoms with Gasteiger partial charge in [0.1, 0.15) is 11.5 Å². The summed E-state index contributed by atoms with van der Waals surface area (Å²) in [5.41, 5.74) is 2.35. The molecule has 0 saturated carbocycles. The van der Waals surface area contributed by atoms with Crippen molar-refractivity contribution >= 4 is 45.3 Å². The van der Waals surface area contributed by atoms with Crippen molar-refractivity contribution in [3.05, 3.63) is 59.3 Å². The molecule has 2 amide bonds. The van der Waals surface area contributed by atoms with E-state index in [0.717, 1.165) is 14.6 Å². The van der Waals surface area contributed by atoms with E-state index in [-0.39, 0.29) is 6.61 Å². The Hall–Kier alpha value is -3.24. The molecule has 1 aliphatic rings. The Morgan fingerprint density at radius 2 is 1.89 bits per heavy atom. The number of carbonyl (C=O) groups excluding carboxylic acids is 2. The lowest BCUT2D eigenvalue weighted by molar-refractivity contribution is -0.139. The third kappa shape index (κ3) is 5.71. The van der Waals surface area contributed by atoms with Crippen molar-refractivity contribution in [2.24, 2.45) is 0 Å². The van der Waals surface area contributed by atoms with Crippen LogP contribution in [0.5, 0.6) is 11.5 Å². The van der Waals surface area contributed by atoms with Crippen molar-refractivity contribution in [1.29, 1.82) is 0 Å². The Morgan fingerprint density at radius 1 is 1.09 bits per heavy atom. The largest absolute Gasteiger partial charge is 0.494 e. The molecule has 0 unspecified atom stereocenters. The smallest absolute Gasteiger partial charge is 0.338 e. The number of rotatable bonds is 10. The molecule has 0 saturated heterocycles. The average molecular weight is 514 g/mol. The fourth-order valence-electron chi connectivity index (χ4n) is 3.76. The van der Waals surface area contributed by atoms with Crippen LogP contribution in [0.2, 0.25) is 0 Å². The summed E-state index contributed by atoms with van der Waals surface area (Å²) in [5, 5.41) is 5.69. The number of aromatic nitrogens is 1. The Morgan fingerprint density at radius 3 is 2.63 bits per heavy atom. The molecule has 8 nitrogen and oxygen atoms in total. The summed E-state index contributed by atoms with van der Waals surface area (Å²) in [4.78, 5) is 30.5. The lowest BCUT2D eigenvalue weighted by Crippen LogP contribution is -2.46. The van der Waals surface area contributed by atoms with Crippen LogP contribution in [0.3, 0.4) is 0 Å². The lowest BCUT2D eigenvalue weighted by atomic mass is 9.94. The highest BCUT2D eigenvalue weighted by Gasteiger charge is 2.35. The number of esters is 1. The number of thioether (sulfide) groups is 1. The van der Waals surface area contributed by atoms with Gasteiger partial charge in [0.2, 0.25) is 0 Å². The van der Waals surface area contributed by atoms with Crippen LogP contribution >= 0.6 is 23.1 Å². The second-order valence-electron chi connectivity index (χ2n) is 7.45. The van der Waals surface area contributed by atoms with Gasteiger partial charge < -0.3 is 24.8 Å². The third-order valence-electron chi connectivity index (χ3n) is 5.17. The molecule has 1 atom stereocenters. The van der Waals surface area contributed by atoms with Gasteiger partial charge in [-0.1, -0.05) is 23.9 Å². The van der Waals surface area contributed by atoms with E-state index >= 15 is 0 Å². The van der Waals surface area contributed by atoms with Gasteiger partial charge in [-0.05, 0) is 51.1 Å². The number of fused-ring (bicyclic) bond motifs is 1. The molecule has 0 spiro atoms. The van der Waals surface area contributed by atoms with Gasteiger partial charge in [0, 0.05) is 17.0 Å². The van der Waals surface area contributed by atoms with Gasteiger partial charge in [0.05, 0.1) is 41.7 Å². The normalized spacial score (nSPS) is 15.5. The molecule has 2 N–H and O–H groups in total. The van der Waals surface area contributed by atoms with E-state index in [1.807, 2.05) is 38.1 Å². The molecule has 0 radical (unpaired) electrons.